The predicted octanol–water partition coefficient (Wildman–Crippen LogP) is 2.35. The van der Waals surface area contributed by atoms with E-state index in [1.807, 2.05) is 0 Å². The summed E-state index contributed by atoms with van der Waals surface area (Å²) < 4.78 is 18.4. The maximum Gasteiger partial charge on any atom is 0.142 e. The molecule has 0 radical (unpaired) electrons. The van der Waals surface area contributed by atoms with E-state index < -0.39 is 5.82 Å². The third-order valence-corrected chi connectivity index (χ3v) is 2.69. The smallest absolute Gasteiger partial charge is 0.142 e. The second kappa shape index (κ2) is 3.41. The molecular weight excluding hydrogens is 205 g/mol. The molecule has 2 rings (SSSR count). The van der Waals surface area contributed by atoms with Gasteiger partial charge in [0, 0.05) is 12.6 Å². The minimum Gasteiger partial charge on any atom is -0.486 e. The number of hydrogen-bond acceptors (Lipinski definition) is 2. The fourth-order valence-corrected chi connectivity index (χ4v) is 1.45. The largest absolute Gasteiger partial charge is 0.486 e. The molecule has 0 aliphatic heterocycles. The Labute approximate surface area is 86.8 Å². The van der Waals surface area contributed by atoms with Crippen molar-refractivity contribution >= 4 is 11.6 Å². The molecule has 1 aromatic carbocycles. The molecule has 0 spiro atoms. The zero-order valence-corrected chi connectivity index (χ0v) is 8.35. The van der Waals surface area contributed by atoms with Crippen molar-refractivity contribution in [2.75, 3.05) is 6.54 Å². The van der Waals surface area contributed by atoms with E-state index in [-0.39, 0.29) is 10.6 Å². The van der Waals surface area contributed by atoms with Crippen LogP contribution in [0.15, 0.2) is 18.2 Å². The van der Waals surface area contributed by atoms with E-state index >= 15 is 0 Å². The number of nitrogens with two attached hydrogens (primary N) is 1. The second-order valence-electron chi connectivity index (χ2n) is 3.57. The number of benzene rings is 1. The van der Waals surface area contributed by atoms with Crippen LogP contribution in [0.5, 0.6) is 5.75 Å². The van der Waals surface area contributed by atoms with Crippen LogP contribution in [0, 0.1) is 5.82 Å². The molecule has 0 unspecified atom stereocenters. The summed E-state index contributed by atoms with van der Waals surface area (Å²) in [7, 11) is 0. The summed E-state index contributed by atoms with van der Waals surface area (Å²) in [5, 5.41) is 0.0790. The van der Waals surface area contributed by atoms with Gasteiger partial charge in [-0.05, 0) is 25.0 Å². The maximum absolute atomic E-state index is 12.8. The van der Waals surface area contributed by atoms with Gasteiger partial charge < -0.3 is 10.5 Å². The quantitative estimate of drug-likeness (QED) is 0.840. The van der Waals surface area contributed by atoms with Crippen LogP contribution >= 0.6 is 11.6 Å². The molecular formula is C10H11ClFNO. The Morgan fingerprint density at radius 3 is 2.71 bits per heavy atom. The first-order chi connectivity index (χ1) is 6.65. The first-order valence-electron chi connectivity index (χ1n) is 4.49. The highest BCUT2D eigenvalue weighted by atomic mass is 35.5. The van der Waals surface area contributed by atoms with Crippen LogP contribution < -0.4 is 10.5 Å². The standard InChI is InChI=1S/C10H11ClFNO/c11-8-5-7(1-2-9(8)12)14-10(6-13)3-4-10/h1-2,5H,3-4,6,13H2. The van der Waals surface area contributed by atoms with E-state index in [2.05, 4.69) is 0 Å². The van der Waals surface area contributed by atoms with Crippen molar-refractivity contribution in [3.63, 3.8) is 0 Å². The van der Waals surface area contributed by atoms with Gasteiger partial charge in [-0.2, -0.15) is 0 Å². The monoisotopic (exact) mass is 215 g/mol. The molecule has 1 aromatic rings. The Hall–Kier alpha value is -0.800. The van der Waals surface area contributed by atoms with Gasteiger partial charge in [0.25, 0.3) is 0 Å². The SMILES string of the molecule is NCC1(Oc2ccc(F)c(Cl)c2)CC1. The minimum absolute atomic E-state index is 0.0790. The van der Waals surface area contributed by atoms with Gasteiger partial charge >= 0.3 is 0 Å². The van der Waals surface area contributed by atoms with Gasteiger partial charge in [-0.25, -0.2) is 4.39 Å². The lowest BCUT2D eigenvalue weighted by molar-refractivity contribution is 0.187. The van der Waals surface area contributed by atoms with Crippen molar-refractivity contribution in [2.24, 2.45) is 5.73 Å². The number of hydrogen-bond donors (Lipinski definition) is 1. The van der Waals surface area contributed by atoms with Gasteiger partial charge in [0.05, 0.1) is 5.02 Å². The first-order valence-corrected chi connectivity index (χ1v) is 4.87. The van der Waals surface area contributed by atoms with E-state index in [9.17, 15) is 4.39 Å². The maximum atomic E-state index is 12.8. The normalized spacial score (nSPS) is 17.9. The van der Waals surface area contributed by atoms with Crippen LogP contribution in [0.3, 0.4) is 0 Å². The third-order valence-electron chi connectivity index (χ3n) is 2.41. The molecule has 0 aromatic heterocycles. The molecule has 1 saturated carbocycles. The molecule has 0 bridgehead atoms. The fraction of sp³-hybridized carbons (Fsp3) is 0.400. The molecule has 0 atom stereocenters. The van der Waals surface area contributed by atoms with E-state index in [1.54, 1.807) is 6.07 Å². The molecule has 0 saturated heterocycles. The van der Waals surface area contributed by atoms with E-state index in [4.69, 9.17) is 22.1 Å². The van der Waals surface area contributed by atoms with Crippen molar-refractivity contribution in [2.45, 2.75) is 18.4 Å². The topological polar surface area (TPSA) is 35.2 Å². The molecule has 1 aliphatic carbocycles. The summed E-state index contributed by atoms with van der Waals surface area (Å²) in [5.41, 5.74) is 5.33. The van der Waals surface area contributed by atoms with Crippen LogP contribution in [-0.4, -0.2) is 12.1 Å². The van der Waals surface area contributed by atoms with E-state index in [1.165, 1.54) is 12.1 Å². The Morgan fingerprint density at radius 2 is 2.21 bits per heavy atom. The Balaban J connectivity index is 2.14. The summed E-state index contributed by atoms with van der Waals surface area (Å²) in [4.78, 5) is 0. The Bertz CT molecular complexity index is 352. The molecule has 2 N–H and O–H groups in total. The third kappa shape index (κ3) is 1.83. The first kappa shape index (κ1) is 9.74. The van der Waals surface area contributed by atoms with Crippen molar-refractivity contribution in [1.82, 2.24) is 0 Å². The van der Waals surface area contributed by atoms with Gasteiger partial charge in [-0.3, -0.25) is 0 Å². The Morgan fingerprint density at radius 1 is 1.50 bits per heavy atom. The molecule has 0 amide bonds. The van der Waals surface area contributed by atoms with Crippen LogP contribution in [0.4, 0.5) is 4.39 Å². The lowest BCUT2D eigenvalue weighted by Crippen LogP contribution is -2.28. The lowest BCUT2D eigenvalue weighted by atomic mass is 10.3. The number of halogens is 2. The van der Waals surface area contributed by atoms with Crippen molar-refractivity contribution < 1.29 is 9.13 Å². The average molecular weight is 216 g/mol. The highest BCUT2D eigenvalue weighted by Gasteiger charge is 2.44. The van der Waals surface area contributed by atoms with Crippen LogP contribution in [-0.2, 0) is 0 Å². The van der Waals surface area contributed by atoms with E-state index in [0.29, 0.717) is 12.3 Å². The second-order valence-corrected chi connectivity index (χ2v) is 3.97. The van der Waals surface area contributed by atoms with Crippen LogP contribution in [0.2, 0.25) is 5.02 Å². The van der Waals surface area contributed by atoms with Gasteiger partial charge in [-0.15, -0.1) is 0 Å². The predicted molar refractivity (Wildman–Crippen MR) is 53.1 cm³/mol. The number of ether oxygens (including phenoxy) is 1. The zero-order chi connectivity index (χ0) is 10.2. The van der Waals surface area contributed by atoms with Gasteiger partial charge in [0.15, 0.2) is 0 Å². The fourth-order valence-electron chi connectivity index (χ4n) is 1.28. The van der Waals surface area contributed by atoms with Gasteiger partial charge in [-0.1, -0.05) is 11.6 Å². The summed E-state index contributed by atoms with van der Waals surface area (Å²) in [6, 6.07) is 4.34. The average Bonchev–Trinajstić information content (AvgIpc) is 2.93. The van der Waals surface area contributed by atoms with Gasteiger partial charge in [0.2, 0.25) is 0 Å². The summed E-state index contributed by atoms with van der Waals surface area (Å²) >= 11 is 5.62. The molecule has 14 heavy (non-hydrogen) atoms. The molecule has 1 fully saturated rings. The molecule has 1 aliphatic rings. The lowest BCUT2D eigenvalue weighted by Gasteiger charge is -2.15. The molecule has 4 heteroatoms. The molecule has 0 heterocycles. The van der Waals surface area contributed by atoms with E-state index in [0.717, 1.165) is 12.8 Å². The highest BCUT2D eigenvalue weighted by molar-refractivity contribution is 6.30. The summed E-state index contributed by atoms with van der Waals surface area (Å²) in [5.74, 6) is 0.149. The molecule has 2 nitrogen and oxygen atoms in total. The number of rotatable bonds is 3. The molecule has 76 valence electrons. The minimum atomic E-state index is -0.434. The summed E-state index contributed by atoms with van der Waals surface area (Å²) in [6.45, 7) is 0.488. The summed E-state index contributed by atoms with van der Waals surface area (Å²) in [6.07, 6.45) is 1.91. The Kier molecular flexibility index (Phi) is 2.37. The van der Waals surface area contributed by atoms with Gasteiger partial charge in [0.1, 0.15) is 17.2 Å². The zero-order valence-electron chi connectivity index (χ0n) is 7.59. The van der Waals surface area contributed by atoms with Crippen molar-refractivity contribution in [3.05, 3.63) is 29.0 Å². The van der Waals surface area contributed by atoms with Crippen molar-refractivity contribution in [1.29, 1.82) is 0 Å². The van der Waals surface area contributed by atoms with Crippen molar-refractivity contribution in [3.8, 4) is 5.75 Å². The highest BCUT2D eigenvalue weighted by Crippen LogP contribution is 2.39. The van der Waals surface area contributed by atoms with Crippen LogP contribution in [0.25, 0.3) is 0 Å². The van der Waals surface area contributed by atoms with Crippen LogP contribution in [0.1, 0.15) is 12.8 Å².